The van der Waals surface area contributed by atoms with Gasteiger partial charge in [0, 0.05) is 10.8 Å². The molecule has 0 unspecified atom stereocenters. The Bertz CT molecular complexity index is 279. The van der Waals surface area contributed by atoms with Crippen molar-refractivity contribution in [3.05, 3.63) is 21.9 Å². The standard InChI is InChI=1S/C8H9F3OS/c1-5(4-12)6-2-3-7(13-6)8(9,10)11/h2-3,5,12H,4H2,1H3/t5-/m1/s1. The molecular weight excluding hydrogens is 201 g/mol. The molecular formula is C8H9F3OS. The molecule has 1 heterocycles. The molecule has 0 aromatic carbocycles. The first kappa shape index (κ1) is 10.5. The molecule has 0 radical (unpaired) electrons. The number of alkyl halides is 3. The van der Waals surface area contributed by atoms with Crippen molar-refractivity contribution in [3.63, 3.8) is 0 Å². The first-order valence-corrected chi connectivity index (χ1v) is 4.54. The average molecular weight is 210 g/mol. The van der Waals surface area contributed by atoms with Crippen LogP contribution < -0.4 is 0 Å². The lowest BCUT2D eigenvalue weighted by atomic mass is 10.1. The SMILES string of the molecule is C[C@H](CO)c1ccc(C(F)(F)F)s1. The molecule has 1 aromatic heterocycles. The van der Waals surface area contributed by atoms with Crippen LogP contribution in [0.3, 0.4) is 0 Å². The van der Waals surface area contributed by atoms with E-state index in [1.54, 1.807) is 6.92 Å². The van der Waals surface area contributed by atoms with Gasteiger partial charge < -0.3 is 5.11 Å². The molecule has 1 aromatic rings. The van der Waals surface area contributed by atoms with E-state index >= 15 is 0 Å². The van der Waals surface area contributed by atoms with E-state index in [0.29, 0.717) is 16.2 Å². The number of hydrogen-bond donors (Lipinski definition) is 1. The smallest absolute Gasteiger partial charge is 0.396 e. The van der Waals surface area contributed by atoms with E-state index in [4.69, 9.17) is 5.11 Å². The Morgan fingerprint density at radius 1 is 1.46 bits per heavy atom. The minimum Gasteiger partial charge on any atom is -0.396 e. The van der Waals surface area contributed by atoms with Crippen molar-refractivity contribution in [2.45, 2.75) is 19.0 Å². The Balaban J connectivity index is 2.87. The van der Waals surface area contributed by atoms with Crippen molar-refractivity contribution in [2.75, 3.05) is 6.61 Å². The number of thiophene rings is 1. The van der Waals surface area contributed by atoms with Crippen molar-refractivity contribution < 1.29 is 18.3 Å². The summed E-state index contributed by atoms with van der Waals surface area (Å²) in [5, 5.41) is 8.73. The second-order valence-electron chi connectivity index (χ2n) is 2.78. The number of aliphatic hydroxyl groups excluding tert-OH is 1. The number of hydrogen-bond acceptors (Lipinski definition) is 2. The van der Waals surface area contributed by atoms with Crippen LogP contribution >= 0.6 is 11.3 Å². The van der Waals surface area contributed by atoms with Crippen molar-refractivity contribution >= 4 is 11.3 Å². The number of halogens is 3. The van der Waals surface area contributed by atoms with Crippen LogP contribution in [0, 0.1) is 0 Å². The monoisotopic (exact) mass is 210 g/mol. The van der Waals surface area contributed by atoms with Gasteiger partial charge in [0.2, 0.25) is 0 Å². The number of aliphatic hydroxyl groups is 1. The molecule has 5 heteroatoms. The highest BCUT2D eigenvalue weighted by molar-refractivity contribution is 7.12. The molecule has 1 N–H and O–H groups in total. The van der Waals surface area contributed by atoms with Gasteiger partial charge in [-0.1, -0.05) is 6.92 Å². The topological polar surface area (TPSA) is 20.2 Å². The molecule has 1 rings (SSSR count). The first-order valence-electron chi connectivity index (χ1n) is 3.73. The fourth-order valence-corrected chi connectivity index (χ4v) is 1.78. The summed E-state index contributed by atoms with van der Waals surface area (Å²) in [6.45, 7) is 1.56. The third-order valence-electron chi connectivity index (χ3n) is 1.67. The average Bonchev–Trinajstić information content (AvgIpc) is 2.50. The Hall–Kier alpha value is -0.550. The fraction of sp³-hybridized carbons (Fsp3) is 0.500. The lowest BCUT2D eigenvalue weighted by molar-refractivity contribution is -0.134. The molecule has 1 atom stereocenters. The van der Waals surface area contributed by atoms with Gasteiger partial charge in [0.05, 0.1) is 6.61 Å². The van der Waals surface area contributed by atoms with E-state index < -0.39 is 11.1 Å². The highest BCUT2D eigenvalue weighted by Crippen LogP contribution is 2.36. The molecule has 13 heavy (non-hydrogen) atoms. The van der Waals surface area contributed by atoms with Crippen molar-refractivity contribution in [1.82, 2.24) is 0 Å². The summed E-state index contributed by atoms with van der Waals surface area (Å²) in [7, 11) is 0. The zero-order valence-electron chi connectivity index (χ0n) is 6.93. The Labute approximate surface area is 77.8 Å². The quantitative estimate of drug-likeness (QED) is 0.795. The van der Waals surface area contributed by atoms with E-state index in [-0.39, 0.29) is 12.5 Å². The highest BCUT2D eigenvalue weighted by Gasteiger charge is 2.32. The van der Waals surface area contributed by atoms with Crippen molar-refractivity contribution in [1.29, 1.82) is 0 Å². The van der Waals surface area contributed by atoms with Gasteiger partial charge in [0.1, 0.15) is 4.88 Å². The fourth-order valence-electron chi connectivity index (χ4n) is 0.860. The second kappa shape index (κ2) is 3.67. The van der Waals surface area contributed by atoms with Crippen LogP contribution in [0.15, 0.2) is 12.1 Å². The maximum absolute atomic E-state index is 12.1. The predicted molar refractivity (Wildman–Crippen MR) is 44.8 cm³/mol. The van der Waals surface area contributed by atoms with Crippen LogP contribution in [0.4, 0.5) is 13.2 Å². The lowest BCUT2D eigenvalue weighted by Gasteiger charge is -2.04. The van der Waals surface area contributed by atoms with Crippen LogP contribution in [-0.4, -0.2) is 11.7 Å². The molecule has 0 saturated heterocycles. The van der Waals surface area contributed by atoms with Crippen LogP contribution in [-0.2, 0) is 6.18 Å². The zero-order chi connectivity index (χ0) is 10.1. The van der Waals surface area contributed by atoms with Crippen LogP contribution in [0.5, 0.6) is 0 Å². The summed E-state index contributed by atoms with van der Waals surface area (Å²) in [6.07, 6.45) is -4.27. The Kier molecular flexibility index (Phi) is 2.98. The molecule has 0 aliphatic heterocycles. The minimum absolute atomic E-state index is 0.127. The van der Waals surface area contributed by atoms with Crippen molar-refractivity contribution in [2.24, 2.45) is 0 Å². The molecule has 0 saturated carbocycles. The van der Waals surface area contributed by atoms with E-state index in [9.17, 15) is 13.2 Å². The van der Waals surface area contributed by atoms with Gasteiger partial charge in [-0.25, -0.2) is 0 Å². The summed E-state index contributed by atoms with van der Waals surface area (Å²) in [5.41, 5.74) is 0. The molecule has 0 aliphatic carbocycles. The van der Waals surface area contributed by atoms with E-state index in [1.165, 1.54) is 6.07 Å². The maximum atomic E-state index is 12.1. The van der Waals surface area contributed by atoms with Gasteiger partial charge in [-0.05, 0) is 12.1 Å². The van der Waals surface area contributed by atoms with Crippen LogP contribution in [0.2, 0.25) is 0 Å². The molecule has 0 fully saturated rings. The van der Waals surface area contributed by atoms with Gasteiger partial charge >= 0.3 is 6.18 Å². The van der Waals surface area contributed by atoms with Gasteiger partial charge in [-0.15, -0.1) is 11.3 Å². The summed E-state index contributed by atoms with van der Waals surface area (Å²) >= 11 is 0.687. The van der Waals surface area contributed by atoms with Gasteiger partial charge in [-0.3, -0.25) is 0 Å². The predicted octanol–water partition coefficient (Wildman–Crippen LogP) is 2.86. The van der Waals surface area contributed by atoms with E-state index in [2.05, 4.69) is 0 Å². The Morgan fingerprint density at radius 3 is 2.46 bits per heavy atom. The lowest BCUT2D eigenvalue weighted by Crippen LogP contribution is -2.00. The van der Waals surface area contributed by atoms with Gasteiger partial charge in [0.15, 0.2) is 0 Å². The first-order chi connectivity index (χ1) is 5.95. The van der Waals surface area contributed by atoms with Crippen LogP contribution in [0.1, 0.15) is 22.6 Å². The normalized spacial score (nSPS) is 14.5. The Morgan fingerprint density at radius 2 is 2.08 bits per heavy atom. The molecule has 74 valence electrons. The van der Waals surface area contributed by atoms with Gasteiger partial charge in [-0.2, -0.15) is 13.2 Å². The van der Waals surface area contributed by atoms with E-state index in [0.717, 1.165) is 6.07 Å². The summed E-state index contributed by atoms with van der Waals surface area (Å²) in [4.78, 5) is -0.0439. The largest absolute Gasteiger partial charge is 0.425 e. The molecule has 0 amide bonds. The number of rotatable bonds is 2. The molecule has 1 nitrogen and oxygen atoms in total. The van der Waals surface area contributed by atoms with Gasteiger partial charge in [0.25, 0.3) is 0 Å². The zero-order valence-corrected chi connectivity index (χ0v) is 7.75. The molecule has 0 bridgehead atoms. The maximum Gasteiger partial charge on any atom is 0.425 e. The molecule has 0 aliphatic rings. The highest BCUT2D eigenvalue weighted by atomic mass is 32.1. The summed E-state index contributed by atoms with van der Waals surface area (Å²) < 4.78 is 36.3. The summed E-state index contributed by atoms with van der Waals surface area (Å²) in [5.74, 6) is -0.221. The van der Waals surface area contributed by atoms with E-state index in [1.807, 2.05) is 0 Å². The third-order valence-corrected chi connectivity index (χ3v) is 3.03. The second-order valence-corrected chi connectivity index (χ2v) is 3.90. The van der Waals surface area contributed by atoms with Crippen LogP contribution in [0.25, 0.3) is 0 Å². The minimum atomic E-state index is -4.27. The third kappa shape index (κ3) is 2.45. The van der Waals surface area contributed by atoms with Crippen molar-refractivity contribution in [3.8, 4) is 0 Å². The molecule has 0 spiro atoms. The summed E-state index contributed by atoms with van der Waals surface area (Å²) in [6, 6.07) is 2.46.